The fourth-order valence-electron chi connectivity index (χ4n) is 2.76. The quantitative estimate of drug-likeness (QED) is 0.864. The van der Waals surface area contributed by atoms with E-state index < -0.39 is 5.67 Å². The van der Waals surface area contributed by atoms with Gasteiger partial charge in [0.25, 0.3) is 0 Å². The van der Waals surface area contributed by atoms with Crippen molar-refractivity contribution >= 4 is 0 Å². The average Bonchev–Trinajstić information content (AvgIpc) is 2.28. The molecule has 3 heteroatoms. The first-order valence-electron chi connectivity index (χ1n) is 6.72. The van der Waals surface area contributed by atoms with Crippen LogP contribution in [0.4, 0.5) is 8.78 Å². The molecule has 1 heterocycles. The zero-order valence-corrected chi connectivity index (χ0v) is 10.9. The summed E-state index contributed by atoms with van der Waals surface area (Å²) >= 11 is 0. The highest BCUT2D eigenvalue weighted by Crippen LogP contribution is 2.26. The molecule has 0 bridgehead atoms. The van der Waals surface area contributed by atoms with Crippen LogP contribution in [-0.4, -0.2) is 18.3 Å². The summed E-state index contributed by atoms with van der Waals surface area (Å²) in [7, 11) is 0. The first-order valence-corrected chi connectivity index (χ1v) is 6.72. The van der Waals surface area contributed by atoms with Crippen LogP contribution in [0.25, 0.3) is 0 Å². The highest BCUT2D eigenvalue weighted by Gasteiger charge is 2.28. The lowest BCUT2D eigenvalue weighted by Gasteiger charge is -2.30. The van der Waals surface area contributed by atoms with Crippen molar-refractivity contribution in [2.75, 3.05) is 6.54 Å². The number of halogens is 2. The largest absolute Gasteiger partial charge is 0.314 e. The van der Waals surface area contributed by atoms with Gasteiger partial charge in [-0.05, 0) is 50.4 Å². The third-order valence-electron chi connectivity index (χ3n) is 3.55. The van der Waals surface area contributed by atoms with Gasteiger partial charge in [0.05, 0.1) is 0 Å². The normalized spacial score (nSPS) is 23.6. The van der Waals surface area contributed by atoms with Crippen molar-refractivity contribution in [3.8, 4) is 0 Å². The molecule has 2 rings (SSSR count). The Morgan fingerprint density at radius 3 is 2.89 bits per heavy atom. The Morgan fingerprint density at radius 1 is 1.39 bits per heavy atom. The van der Waals surface area contributed by atoms with E-state index in [-0.39, 0.29) is 18.3 Å². The molecule has 1 fully saturated rings. The lowest BCUT2D eigenvalue weighted by atomic mass is 9.88. The minimum absolute atomic E-state index is 0.266. The van der Waals surface area contributed by atoms with Crippen molar-refractivity contribution in [2.45, 2.75) is 50.7 Å². The molecular weight excluding hydrogens is 232 g/mol. The Bertz CT molecular complexity index is 384. The summed E-state index contributed by atoms with van der Waals surface area (Å²) in [4.78, 5) is 0. The van der Waals surface area contributed by atoms with Gasteiger partial charge in [-0.15, -0.1) is 0 Å². The minimum atomic E-state index is -1.27. The Morgan fingerprint density at radius 2 is 2.22 bits per heavy atom. The number of benzene rings is 1. The van der Waals surface area contributed by atoms with E-state index in [2.05, 4.69) is 5.32 Å². The molecule has 2 atom stereocenters. The Balaban J connectivity index is 1.93. The van der Waals surface area contributed by atoms with E-state index in [0.717, 1.165) is 18.5 Å². The first-order chi connectivity index (χ1) is 8.55. The summed E-state index contributed by atoms with van der Waals surface area (Å²) in [6.45, 7) is 2.61. The van der Waals surface area contributed by atoms with Crippen molar-refractivity contribution in [1.82, 2.24) is 5.32 Å². The smallest absolute Gasteiger partial charge is 0.123 e. The molecular formula is C15H21F2N. The van der Waals surface area contributed by atoms with E-state index in [9.17, 15) is 8.78 Å². The van der Waals surface area contributed by atoms with E-state index in [1.807, 2.05) is 0 Å². The van der Waals surface area contributed by atoms with E-state index in [4.69, 9.17) is 0 Å². The third-order valence-corrected chi connectivity index (χ3v) is 3.55. The van der Waals surface area contributed by atoms with Crippen LogP contribution in [0.15, 0.2) is 24.3 Å². The molecule has 2 unspecified atom stereocenters. The summed E-state index contributed by atoms with van der Waals surface area (Å²) < 4.78 is 27.6. The third kappa shape index (κ3) is 4.05. The van der Waals surface area contributed by atoms with E-state index in [1.165, 1.54) is 25.0 Å². The number of piperidine rings is 1. The lowest BCUT2D eigenvalue weighted by molar-refractivity contribution is 0.146. The zero-order valence-electron chi connectivity index (χ0n) is 10.9. The highest BCUT2D eigenvalue weighted by molar-refractivity contribution is 5.18. The maximum atomic E-state index is 14.5. The van der Waals surface area contributed by atoms with E-state index in [0.29, 0.717) is 6.42 Å². The molecule has 100 valence electrons. The maximum Gasteiger partial charge on any atom is 0.123 e. The number of alkyl halides is 1. The van der Waals surface area contributed by atoms with Crippen molar-refractivity contribution < 1.29 is 8.78 Å². The van der Waals surface area contributed by atoms with Crippen LogP contribution in [-0.2, 0) is 6.42 Å². The second-order valence-corrected chi connectivity index (χ2v) is 5.57. The van der Waals surface area contributed by atoms with Crippen LogP contribution in [0.3, 0.4) is 0 Å². The molecule has 0 radical (unpaired) electrons. The van der Waals surface area contributed by atoms with Crippen LogP contribution >= 0.6 is 0 Å². The molecule has 1 aliphatic rings. The highest BCUT2D eigenvalue weighted by atomic mass is 19.1. The molecule has 0 spiro atoms. The summed E-state index contributed by atoms with van der Waals surface area (Å²) in [5, 5.41) is 3.36. The fourth-order valence-corrected chi connectivity index (χ4v) is 2.76. The van der Waals surface area contributed by atoms with Gasteiger partial charge in [-0.25, -0.2) is 8.78 Å². The minimum Gasteiger partial charge on any atom is -0.314 e. The van der Waals surface area contributed by atoms with Crippen molar-refractivity contribution in [2.24, 2.45) is 0 Å². The Labute approximate surface area is 108 Å². The summed E-state index contributed by atoms with van der Waals surface area (Å²) in [6.07, 6.45) is 4.19. The molecule has 1 N–H and O–H groups in total. The molecule has 1 nitrogen and oxygen atoms in total. The van der Waals surface area contributed by atoms with Gasteiger partial charge in [0.1, 0.15) is 11.5 Å². The van der Waals surface area contributed by atoms with Crippen molar-refractivity contribution in [3.05, 3.63) is 35.6 Å². The second kappa shape index (κ2) is 5.79. The number of hydrogen-bond acceptors (Lipinski definition) is 1. The van der Waals surface area contributed by atoms with Crippen LogP contribution in [0, 0.1) is 5.82 Å². The number of nitrogens with one attached hydrogen (secondary N) is 1. The molecule has 0 saturated carbocycles. The molecule has 1 aromatic rings. The van der Waals surface area contributed by atoms with Crippen LogP contribution in [0.2, 0.25) is 0 Å². The Hall–Kier alpha value is -0.960. The zero-order chi connectivity index (χ0) is 13.0. The second-order valence-electron chi connectivity index (χ2n) is 5.57. The maximum absolute atomic E-state index is 14.5. The lowest BCUT2D eigenvalue weighted by Crippen LogP contribution is -2.40. The summed E-state index contributed by atoms with van der Waals surface area (Å²) in [5.41, 5.74) is -0.543. The number of hydrogen-bond donors (Lipinski definition) is 1. The fraction of sp³-hybridized carbons (Fsp3) is 0.600. The van der Waals surface area contributed by atoms with Crippen molar-refractivity contribution in [1.29, 1.82) is 0 Å². The van der Waals surface area contributed by atoms with Crippen molar-refractivity contribution in [3.63, 3.8) is 0 Å². The van der Waals surface area contributed by atoms with Gasteiger partial charge in [-0.3, -0.25) is 0 Å². The Kier molecular flexibility index (Phi) is 4.33. The van der Waals surface area contributed by atoms with Gasteiger partial charge in [-0.2, -0.15) is 0 Å². The van der Waals surface area contributed by atoms with Gasteiger partial charge < -0.3 is 5.32 Å². The molecule has 1 saturated heterocycles. The molecule has 0 aromatic heterocycles. The van der Waals surface area contributed by atoms with Gasteiger partial charge >= 0.3 is 0 Å². The number of rotatable bonds is 4. The van der Waals surface area contributed by atoms with Gasteiger partial charge in [0, 0.05) is 12.5 Å². The topological polar surface area (TPSA) is 12.0 Å². The van der Waals surface area contributed by atoms with Crippen LogP contribution in [0.5, 0.6) is 0 Å². The van der Waals surface area contributed by atoms with Gasteiger partial charge in [0.2, 0.25) is 0 Å². The summed E-state index contributed by atoms with van der Waals surface area (Å²) in [5.74, 6) is -0.293. The molecule has 0 aliphatic carbocycles. The van der Waals surface area contributed by atoms with Gasteiger partial charge in [0.15, 0.2) is 0 Å². The first kappa shape index (κ1) is 13.5. The summed E-state index contributed by atoms with van der Waals surface area (Å²) in [6, 6.07) is 6.50. The van der Waals surface area contributed by atoms with E-state index in [1.54, 1.807) is 19.1 Å². The monoisotopic (exact) mass is 253 g/mol. The standard InChI is InChI=1S/C15H21F2N/c1-15(17,11-14-7-2-3-8-18-14)10-12-5-4-6-13(16)9-12/h4-6,9,14,18H,2-3,7-8,10-11H2,1H3. The SMILES string of the molecule is CC(F)(Cc1cccc(F)c1)CC1CCCCN1. The molecule has 18 heavy (non-hydrogen) atoms. The van der Waals surface area contributed by atoms with Crippen LogP contribution < -0.4 is 5.32 Å². The molecule has 1 aliphatic heterocycles. The van der Waals surface area contributed by atoms with E-state index >= 15 is 0 Å². The van der Waals surface area contributed by atoms with Gasteiger partial charge in [-0.1, -0.05) is 18.6 Å². The predicted octanol–water partition coefficient (Wildman–Crippen LogP) is 3.63. The van der Waals surface area contributed by atoms with Crippen LogP contribution in [0.1, 0.15) is 38.2 Å². The average molecular weight is 253 g/mol. The predicted molar refractivity (Wildman–Crippen MR) is 69.9 cm³/mol. The molecule has 1 aromatic carbocycles. The molecule has 0 amide bonds.